The standard InChI is InChI=1S/C21H30F3N3O2/c1-20(7-9-25-10-8-20)26(2)14-16-3-4-17(21(22,23)24)13-18(16)27-11-5-15(6-12-27)19(28)29/h3-4,13,15,25H,5-12,14H2,1-2H3,(H,28,29). The number of hydrogen-bond acceptors (Lipinski definition) is 4. The molecular formula is C21H30F3N3O2. The summed E-state index contributed by atoms with van der Waals surface area (Å²) in [4.78, 5) is 15.4. The second kappa shape index (κ2) is 8.52. The second-order valence-corrected chi connectivity index (χ2v) is 8.54. The SMILES string of the molecule is CN(Cc1ccc(C(F)(F)F)cc1N1CCC(C(=O)O)CC1)C1(C)CCNCC1. The molecule has 0 aromatic heterocycles. The largest absolute Gasteiger partial charge is 0.481 e. The highest BCUT2D eigenvalue weighted by molar-refractivity contribution is 5.70. The molecule has 2 heterocycles. The number of piperidine rings is 2. The maximum atomic E-state index is 13.3. The first kappa shape index (κ1) is 21.9. The van der Waals surface area contributed by atoms with Crippen LogP contribution in [0.4, 0.5) is 18.9 Å². The molecule has 1 aromatic carbocycles. The fraction of sp³-hybridized carbons (Fsp3) is 0.667. The molecule has 2 saturated heterocycles. The average Bonchev–Trinajstić information content (AvgIpc) is 2.68. The first-order valence-corrected chi connectivity index (χ1v) is 10.2. The lowest BCUT2D eigenvalue weighted by Gasteiger charge is -2.43. The van der Waals surface area contributed by atoms with Gasteiger partial charge in [0.1, 0.15) is 0 Å². The zero-order chi connectivity index (χ0) is 21.2. The van der Waals surface area contributed by atoms with E-state index in [0.29, 0.717) is 38.2 Å². The van der Waals surface area contributed by atoms with Crippen molar-refractivity contribution in [1.82, 2.24) is 10.2 Å². The molecule has 5 nitrogen and oxygen atoms in total. The first-order valence-electron chi connectivity index (χ1n) is 10.2. The van der Waals surface area contributed by atoms with Crippen LogP contribution in [0.25, 0.3) is 0 Å². The van der Waals surface area contributed by atoms with E-state index in [0.717, 1.165) is 37.6 Å². The van der Waals surface area contributed by atoms with E-state index in [1.807, 2.05) is 11.9 Å². The lowest BCUT2D eigenvalue weighted by molar-refractivity contribution is -0.142. The van der Waals surface area contributed by atoms with Gasteiger partial charge in [-0.3, -0.25) is 9.69 Å². The van der Waals surface area contributed by atoms with Crippen molar-refractivity contribution in [3.05, 3.63) is 29.3 Å². The van der Waals surface area contributed by atoms with Crippen molar-refractivity contribution < 1.29 is 23.1 Å². The van der Waals surface area contributed by atoms with Gasteiger partial charge in [0.15, 0.2) is 0 Å². The summed E-state index contributed by atoms with van der Waals surface area (Å²) in [6.07, 6.45) is -1.53. The molecular weight excluding hydrogens is 383 g/mol. The monoisotopic (exact) mass is 413 g/mol. The van der Waals surface area contributed by atoms with Crippen molar-refractivity contribution in [2.24, 2.45) is 5.92 Å². The number of anilines is 1. The molecule has 0 atom stereocenters. The van der Waals surface area contributed by atoms with Gasteiger partial charge in [0.2, 0.25) is 0 Å². The van der Waals surface area contributed by atoms with Crippen LogP contribution in [0.15, 0.2) is 18.2 Å². The van der Waals surface area contributed by atoms with E-state index in [9.17, 15) is 23.1 Å². The molecule has 0 aliphatic carbocycles. The second-order valence-electron chi connectivity index (χ2n) is 8.54. The minimum absolute atomic E-state index is 0.00151. The zero-order valence-corrected chi connectivity index (χ0v) is 17.1. The van der Waals surface area contributed by atoms with Crippen molar-refractivity contribution in [2.75, 3.05) is 38.1 Å². The fourth-order valence-electron chi connectivity index (χ4n) is 4.33. The molecule has 2 fully saturated rings. The third-order valence-corrected chi connectivity index (χ3v) is 6.61. The van der Waals surface area contributed by atoms with E-state index in [4.69, 9.17) is 0 Å². The van der Waals surface area contributed by atoms with Crippen LogP contribution in [0, 0.1) is 5.92 Å². The fourth-order valence-corrected chi connectivity index (χ4v) is 4.33. The third-order valence-electron chi connectivity index (χ3n) is 6.61. The third kappa shape index (κ3) is 5.04. The molecule has 1 aromatic rings. The van der Waals surface area contributed by atoms with Gasteiger partial charge in [-0.15, -0.1) is 0 Å². The van der Waals surface area contributed by atoms with Crippen LogP contribution in [0.3, 0.4) is 0 Å². The Morgan fingerprint density at radius 2 is 1.90 bits per heavy atom. The molecule has 162 valence electrons. The molecule has 29 heavy (non-hydrogen) atoms. The summed E-state index contributed by atoms with van der Waals surface area (Å²) in [5.74, 6) is -1.25. The van der Waals surface area contributed by atoms with E-state index >= 15 is 0 Å². The van der Waals surface area contributed by atoms with Gasteiger partial charge in [-0.2, -0.15) is 13.2 Å². The Morgan fingerprint density at radius 3 is 2.45 bits per heavy atom. The van der Waals surface area contributed by atoms with Crippen LogP contribution in [0.1, 0.15) is 43.7 Å². The molecule has 3 rings (SSSR count). The maximum Gasteiger partial charge on any atom is 0.416 e. The molecule has 0 saturated carbocycles. The van der Waals surface area contributed by atoms with E-state index in [2.05, 4.69) is 17.1 Å². The predicted octanol–water partition coefficient (Wildman–Crippen LogP) is 3.58. The highest BCUT2D eigenvalue weighted by atomic mass is 19.4. The molecule has 2 aliphatic heterocycles. The van der Waals surface area contributed by atoms with Crippen LogP contribution in [0.2, 0.25) is 0 Å². The minimum Gasteiger partial charge on any atom is -0.481 e. The number of alkyl halides is 3. The molecule has 8 heteroatoms. The molecule has 0 unspecified atom stereocenters. The van der Waals surface area contributed by atoms with Crippen molar-refractivity contribution in [3.8, 4) is 0 Å². The zero-order valence-electron chi connectivity index (χ0n) is 17.1. The van der Waals surface area contributed by atoms with Crippen LogP contribution < -0.4 is 10.2 Å². The number of hydrogen-bond donors (Lipinski definition) is 2. The van der Waals surface area contributed by atoms with Gasteiger partial charge in [0, 0.05) is 30.9 Å². The summed E-state index contributed by atoms with van der Waals surface area (Å²) in [5.41, 5.74) is 0.774. The number of halogens is 3. The highest BCUT2D eigenvalue weighted by Gasteiger charge is 2.35. The quantitative estimate of drug-likeness (QED) is 0.773. The van der Waals surface area contributed by atoms with Crippen LogP contribution in [0.5, 0.6) is 0 Å². The van der Waals surface area contributed by atoms with E-state index in [1.165, 1.54) is 6.07 Å². The van der Waals surface area contributed by atoms with E-state index in [-0.39, 0.29) is 5.54 Å². The smallest absolute Gasteiger partial charge is 0.416 e. The topological polar surface area (TPSA) is 55.8 Å². The molecule has 0 amide bonds. The normalized spacial score (nSPS) is 20.8. The summed E-state index contributed by atoms with van der Waals surface area (Å²) in [7, 11) is 2.03. The lowest BCUT2D eigenvalue weighted by Crippen LogP contribution is -2.50. The Bertz CT molecular complexity index is 724. The van der Waals surface area contributed by atoms with E-state index in [1.54, 1.807) is 6.07 Å². The Hall–Kier alpha value is -1.80. The Balaban J connectivity index is 1.85. The highest BCUT2D eigenvalue weighted by Crippen LogP contribution is 2.36. The molecule has 0 spiro atoms. The lowest BCUT2D eigenvalue weighted by atomic mass is 9.88. The van der Waals surface area contributed by atoms with Crippen molar-refractivity contribution in [1.29, 1.82) is 0 Å². The number of benzene rings is 1. The minimum atomic E-state index is -4.40. The van der Waals surface area contributed by atoms with Crippen LogP contribution in [-0.4, -0.2) is 54.7 Å². The summed E-state index contributed by atoms with van der Waals surface area (Å²) in [6, 6.07) is 3.97. The van der Waals surface area contributed by atoms with Crippen molar-refractivity contribution in [3.63, 3.8) is 0 Å². The summed E-state index contributed by atoms with van der Waals surface area (Å²) in [6.45, 7) is 5.54. The van der Waals surface area contributed by atoms with Crippen LogP contribution in [-0.2, 0) is 17.5 Å². The van der Waals surface area contributed by atoms with Crippen molar-refractivity contribution in [2.45, 2.75) is 50.9 Å². The number of nitrogens with one attached hydrogen (secondary N) is 1. The van der Waals surface area contributed by atoms with Gasteiger partial charge in [-0.05, 0) is 70.4 Å². The number of carbonyl (C=O) groups is 1. The number of rotatable bonds is 5. The Labute approximate surface area is 169 Å². The number of aliphatic carboxylic acids is 1. The van der Waals surface area contributed by atoms with Gasteiger partial charge in [-0.25, -0.2) is 0 Å². The van der Waals surface area contributed by atoms with Gasteiger partial charge >= 0.3 is 12.1 Å². The van der Waals surface area contributed by atoms with Gasteiger partial charge < -0.3 is 15.3 Å². The molecule has 2 aliphatic rings. The van der Waals surface area contributed by atoms with Crippen LogP contribution >= 0.6 is 0 Å². The first-order chi connectivity index (χ1) is 13.6. The molecule has 2 N–H and O–H groups in total. The Morgan fingerprint density at radius 1 is 1.28 bits per heavy atom. The Kier molecular flexibility index (Phi) is 6.43. The van der Waals surface area contributed by atoms with Crippen molar-refractivity contribution >= 4 is 11.7 Å². The number of nitrogens with zero attached hydrogens (tertiary/aromatic N) is 2. The molecule has 0 bridgehead atoms. The maximum absolute atomic E-state index is 13.3. The van der Waals surface area contributed by atoms with Gasteiger partial charge in [-0.1, -0.05) is 6.07 Å². The van der Waals surface area contributed by atoms with Gasteiger partial charge in [0.05, 0.1) is 11.5 Å². The van der Waals surface area contributed by atoms with E-state index < -0.39 is 23.6 Å². The predicted molar refractivity (Wildman–Crippen MR) is 106 cm³/mol. The van der Waals surface area contributed by atoms with Gasteiger partial charge in [0.25, 0.3) is 0 Å². The molecule has 0 radical (unpaired) electrons. The average molecular weight is 413 g/mol. The summed E-state index contributed by atoms with van der Waals surface area (Å²) < 4.78 is 40.0. The summed E-state index contributed by atoms with van der Waals surface area (Å²) in [5, 5.41) is 12.6. The number of carboxylic acids is 1. The summed E-state index contributed by atoms with van der Waals surface area (Å²) >= 11 is 0. The number of carboxylic acid groups (broad SMARTS) is 1.